The number of guanidine groups is 1. The number of fused-ring (bicyclic) bond motifs is 1. The second-order valence-electron chi connectivity index (χ2n) is 4.69. The number of H-pyrrole nitrogens is 1. The molecule has 1 aliphatic heterocycles. The van der Waals surface area contributed by atoms with E-state index >= 15 is 0 Å². The van der Waals surface area contributed by atoms with Crippen LogP contribution in [0.3, 0.4) is 0 Å². The number of nitrogens with one attached hydrogen (secondary N) is 2. The molecule has 1 aromatic heterocycles. The number of benzene rings is 1. The molecule has 0 radical (unpaired) electrons. The summed E-state index contributed by atoms with van der Waals surface area (Å²) in [6, 6.07) is 10.6. The molecule has 2 aromatic rings. The molecule has 2 heterocycles. The lowest BCUT2D eigenvalue weighted by Gasteiger charge is -2.14. The quantitative estimate of drug-likeness (QED) is 0.814. The van der Waals surface area contributed by atoms with E-state index in [1.807, 2.05) is 0 Å². The van der Waals surface area contributed by atoms with Gasteiger partial charge in [0, 0.05) is 37.8 Å². The third-order valence-corrected chi connectivity index (χ3v) is 3.32. The zero-order chi connectivity index (χ0) is 12.4. The molecular weight excluding hydrogens is 351 g/mol. The molecule has 5 heteroatoms. The molecule has 1 aliphatic rings. The Labute approximate surface area is 130 Å². The molecule has 0 saturated heterocycles. The van der Waals surface area contributed by atoms with E-state index in [0.717, 1.165) is 32.0 Å². The molecule has 0 amide bonds. The molecule has 0 unspecified atom stereocenters. The summed E-state index contributed by atoms with van der Waals surface area (Å²) in [5.41, 5.74) is 2.48. The summed E-state index contributed by atoms with van der Waals surface area (Å²) in [4.78, 5) is 10.0. The summed E-state index contributed by atoms with van der Waals surface area (Å²) in [5, 5.41) is 4.66. The Hall–Kier alpha value is -1.24. The van der Waals surface area contributed by atoms with Crippen LogP contribution in [-0.4, -0.2) is 42.5 Å². The normalized spacial score (nSPS) is 14.4. The predicted octanol–water partition coefficient (Wildman–Crippen LogP) is 2.22. The Morgan fingerprint density at radius 3 is 2.95 bits per heavy atom. The van der Waals surface area contributed by atoms with Crippen molar-refractivity contribution >= 4 is 40.8 Å². The maximum Gasteiger partial charge on any atom is 0.193 e. The van der Waals surface area contributed by atoms with Crippen LogP contribution in [0.1, 0.15) is 5.69 Å². The summed E-state index contributed by atoms with van der Waals surface area (Å²) < 4.78 is 0. The zero-order valence-corrected chi connectivity index (χ0v) is 13.3. The first kappa shape index (κ1) is 14.2. The van der Waals surface area contributed by atoms with Gasteiger partial charge in [-0.3, -0.25) is 4.99 Å². The van der Waals surface area contributed by atoms with Crippen LogP contribution in [0.15, 0.2) is 35.3 Å². The van der Waals surface area contributed by atoms with Crippen LogP contribution in [0.4, 0.5) is 0 Å². The average molecular weight is 370 g/mol. The lowest BCUT2D eigenvalue weighted by molar-refractivity contribution is 0.534. The molecule has 1 aromatic carbocycles. The lowest BCUT2D eigenvalue weighted by Crippen LogP contribution is -2.36. The van der Waals surface area contributed by atoms with Gasteiger partial charge in [-0.15, -0.1) is 24.0 Å². The van der Waals surface area contributed by atoms with Crippen molar-refractivity contribution in [3.8, 4) is 0 Å². The highest BCUT2D eigenvalue weighted by molar-refractivity contribution is 14.0. The van der Waals surface area contributed by atoms with Gasteiger partial charge in [0.05, 0.1) is 6.54 Å². The van der Waals surface area contributed by atoms with Crippen molar-refractivity contribution in [2.75, 3.05) is 26.7 Å². The first-order valence-corrected chi connectivity index (χ1v) is 6.39. The predicted molar refractivity (Wildman–Crippen MR) is 90.4 cm³/mol. The van der Waals surface area contributed by atoms with Crippen LogP contribution in [0.25, 0.3) is 10.9 Å². The molecule has 0 fully saturated rings. The van der Waals surface area contributed by atoms with Crippen molar-refractivity contribution in [1.82, 2.24) is 15.2 Å². The molecule has 3 rings (SSSR count). The standard InChI is InChI=1S/C14H18N4.HI/c1-18-9-8-16-14(18)15-7-6-12-10-11-4-2-3-5-13(11)17-12;/h2-5,10,17H,6-9H2,1H3,(H,15,16);1H. The fraction of sp³-hybridized carbons (Fsp3) is 0.357. The van der Waals surface area contributed by atoms with Crippen LogP contribution in [-0.2, 0) is 6.42 Å². The van der Waals surface area contributed by atoms with Crippen LogP contribution >= 0.6 is 24.0 Å². The molecule has 19 heavy (non-hydrogen) atoms. The molecule has 2 N–H and O–H groups in total. The van der Waals surface area contributed by atoms with Gasteiger partial charge in [0.25, 0.3) is 0 Å². The van der Waals surface area contributed by atoms with Gasteiger partial charge in [0.2, 0.25) is 0 Å². The lowest BCUT2D eigenvalue weighted by atomic mass is 10.2. The molecule has 0 bridgehead atoms. The Morgan fingerprint density at radius 2 is 2.21 bits per heavy atom. The molecule has 0 saturated carbocycles. The number of aliphatic imine (C=N–C) groups is 1. The molecule has 102 valence electrons. The van der Waals surface area contributed by atoms with E-state index in [2.05, 4.69) is 57.6 Å². The SMILES string of the molecule is CN1CCN=C1NCCc1cc2ccccc2[nH]1.I. The topological polar surface area (TPSA) is 43.4 Å². The molecule has 4 nitrogen and oxygen atoms in total. The Kier molecular flexibility index (Phi) is 4.68. The van der Waals surface area contributed by atoms with E-state index in [-0.39, 0.29) is 24.0 Å². The zero-order valence-electron chi connectivity index (χ0n) is 11.0. The smallest absolute Gasteiger partial charge is 0.193 e. The summed E-state index contributed by atoms with van der Waals surface area (Å²) in [7, 11) is 2.07. The van der Waals surface area contributed by atoms with Gasteiger partial charge in [-0.25, -0.2) is 0 Å². The summed E-state index contributed by atoms with van der Waals surface area (Å²) in [6.07, 6.45) is 0.988. The number of nitrogens with zero attached hydrogens (tertiary/aromatic N) is 2. The molecule has 0 atom stereocenters. The highest BCUT2D eigenvalue weighted by Gasteiger charge is 2.11. The van der Waals surface area contributed by atoms with Crippen molar-refractivity contribution in [1.29, 1.82) is 0 Å². The fourth-order valence-corrected chi connectivity index (χ4v) is 2.30. The molecule has 0 spiro atoms. The number of likely N-dealkylation sites (N-methyl/N-ethyl adjacent to an activating group) is 1. The maximum atomic E-state index is 4.41. The minimum absolute atomic E-state index is 0. The second kappa shape index (κ2) is 6.27. The van der Waals surface area contributed by atoms with Gasteiger partial charge in [-0.2, -0.15) is 0 Å². The van der Waals surface area contributed by atoms with Gasteiger partial charge < -0.3 is 15.2 Å². The number of para-hydroxylation sites is 1. The van der Waals surface area contributed by atoms with E-state index in [9.17, 15) is 0 Å². The summed E-state index contributed by atoms with van der Waals surface area (Å²) in [5.74, 6) is 1.02. The van der Waals surface area contributed by atoms with Gasteiger partial charge in [0.1, 0.15) is 0 Å². The maximum absolute atomic E-state index is 4.41. The first-order valence-electron chi connectivity index (χ1n) is 6.39. The summed E-state index contributed by atoms with van der Waals surface area (Å²) >= 11 is 0. The van der Waals surface area contributed by atoms with Crippen LogP contribution in [0.2, 0.25) is 0 Å². The number of aromatic nitrogens is 1. The van der Waals surface area contributed by atoms with Crippen molar-refractivity contribution in [2.45, 2.75) is 6.42 Å². The van der Waals surface area contributed by atoms with Crippen molar-refractivity contribution < 1.29 is 0 Å². The van der Waals surface area contributed by atoms with E-state index in [4.69, 9.17) is 0 Å². The third kappa shape index (κ3) is 3.20. The molecule has 0 aliphatic carbocycles. The Bertz CT molecular complexity index is 543. The third-order valence-electron chi connectivity index (χ3n) is 3.32. The van der Waals surface area contributed by atoms with Crippen molar-refractivity contribution in [2.24, 2.45) is 4.99 Å². The highest BCUT2D eigenvalue weighted by Crippen LogP contribution is 2.14. The Morgan fingerprint density at radius 1 is 1.37 bits per heavy atom. The van der Waals surface area contributed by atoms with Gasteiger partial charge in [-0.1, -0.05) is 18.2 Å². The van der Waals surface area contributed by atoms with Crippen LogP contribution < -0.4 is 5.32 Å². The van der Waals surface area contributed by atoms with E-state index in [0.29, 0.717) is 0 Å². The minimum atomic E-state index is 0. The van der Waals surface area contributed by atoms with Crippen molar-refractivity contribution in [3.05, 3.63) is 36.0 Å². The molecular formula is C14H19IN4. The monoisotopic (exact) mass is 370 g/mol. The number of aromatic amines is 1. The number of halogens is 1. The number of hydrogen-bond acceptors (Lipinski definition) is 3. The van der Waals surface area contributed by atoms with Gasteiger partial charge in [0.15, 0.2) is 5.96 Å². The van der Waals surface area contributed by atoms with Gasteiger partial charge in [-0.05, 0) is 17.5 Å². The average Bonchev–Trinajstić information content (AvgIpc) is 2.96. The largest absolute Gasteiger partial charge is 0.358 e. The van der Waals surface area contributed by atoms with Crippen LogP contribution in [0.5, 0.6) is 0 Å². The summed E-state index contributed by atoms with van der Waals surface area (Å²) in [6.45, 7) is 2.84. The highest BCUT2D eigenvalue weighted by atomic mass is 127. The minimum Gasteiger partial charge on any atom is -0.358 e. The van der Waals surface area contributed by atoms with E-state index < -0.39 is 0 Å². The fourth-order valence-electron chi connectivity index (χ4n) is 2.30. The van der Waals surface area contributed by atoms with Crippen molar-refractivity contribution in [3.63, 3.8) is 0 Å². The number of rotatable bonds is 3. The first-order chi connectivity index (χ1) is 8.83. The Balaban J connectivity index is 0.00000133. The van der Waals surface area contributed by atoms with Gasteiger partial charge >= 0.3 is 0 Å². The number of hydrogen-bond donors (Lipinski definition) is 2. The van der Waals surface area contributed by atoms with Crippen LogP contribution in [0, 0.1) is 0 Å². The van der Waals surface area contributed by atoms with E-state index in [1.54, 1.807) is 0 Å². The second-order valence-corrected chi connectivity index (χ2v) is 4.69. The van der Waals surface area contributed by atoms with E-state index in [1.165, 1.54) is 16.6 Å².